The van der Waals surface area contributed by atoms with Crippen molar-refractivity contribution in [1.29, 1.82) is 0 Å². The second-order valence-corrected chi connectivity index (χ2v) is 6.20. The van der Waals surface area contributed by atoms with Crippen molar-refractivity contribution in [2.75, 3.05) is 5.32 Å². The molecule has 0 saturated carbocycles. The minimum Gasteiger partial charge on any atom is -0.321 e. The Kier molecular flexibility index (Phi) is 3.96. The second kappa shape index (κ2) is 5.50. The standard InChI is InChI=1S/C12H9BrN2O3S/c1-7-5-10(19-11(7)13)12(16)14-8-3-2-4-9(6-8)15(17)18/h2-6H,1H3,(H,14,16). The highest BCUT2D eigenvalue weighted by molar-refractivity contribution is 9.11. The lowest BCUT2D eigenvalue weighted by Crippen LogP contribution is -2.10. The molecule has 1 amide bonds. The number of nitro benzene ring substituents is 1. The molecule has 7 heteroatoms. The molecule has 0 aliphatic heterocycles. The van der Waals surface area contributed by atoms with Gasteiger partial charge < -0.3 is 5.32 Å². The largest absolute Gasteiger partial charge is 0.321 e. The van der Waals surface area contributed by atoms with Crippen LogP contribution in [-0.4, -0.2) is 10.8 Å². The van der Waals surface area contributed by atoms with Crippen LogP contribution in [0.4, 0.5) is 11.4 Å². The number of hydrogen-bond donors (Lipinski definition) is 1. The van der Waals surface area contributed by atoms with Crippen molar-refractivity contribution < 1.29 is 9.72 Å². The number of non-ortho nitro benzene ring substituents is 1. The summed E-state index contributed by atoms with van der Waals surface area (Å²) in [6.07, 6.45) is 0. The third-order valence-corrected chi connectivity index (χ3v) is 4.53. The Morgan fingerprint density at radius 1 is 1.42 bits per heavy atom. The first-order valence-corrected chi connectivity index (χ1v) is 6.90. The van der Waals surface area contributed by atoms with Crippen molar-refractivity contribution >= 4 is 44.5 Å². The highest BCUT2D eigenvalue weighted by Gasteiger charge is 2.13. The van der Waals surface area contributed by atoms with Crippen molar-refractivity contribution in [2.45, 2.75) is 6.92 Å². The van der Waals surface area contributed by atoms with E-state index in [0.29, 0.717) is 10.6 Å². The molecule has 1 N–H and O–H groups in total. The van der Waals surface area contributed by atoms with Crippen LogP contribution in [0.5, 0.6) is 0 Å². The van der Waals surface area contributed by atoms with Crippen molar-refractivity contribution in [3.05, 3.63) is 54.7 Å². The van der Waals surface area contributed by atoms with E-state index in [9.17, 15) is 14.9 Å². The van der Waals surface area contributed by atoms with Crippen LogP contribution in [0.25, 0.3) is 0 Å². The first-order valence-electron chi connectivity index (χ1n) is 5.29. The molecule has 0 aliphatic rings. The summed E-state index contributed by atoms with van der Waals surface area (Å²) in [6.45, 7) is 1.89. The van der Waals surface area contributed by atoms with Crippen molar-refractivity contribution in [1.82, 2.24) is 0 Å². The molecular weight excluding hydrogens is 332 g/mol. The highest BCUT2D eigenvalue weighted by atomic mass is 79.9. The van der Waals surface area contributed by atoms with Gasteiger partial charge in [0.2, 0.25) is 0 Å². The fraction of sp³-hybridized carbons (Fsp3) is 0.0833. The summed E-state index contributed by atoms with van der Waals surface area (Å²) in [7, 11) is 0. The number of nitrogens with one attached hydrogen (secondary N) is 1. The van der Waals surface area contributed by atoms with Crippen LogP contribution >= 0.6 is 27.3 Å². The van der Waals surface area contributed by atoms with E-state index in [1.807, 2.05) is 6.92 Å². The van der Waals surface area contributed by atoms with Gasteiger partial charge in [-0.05, 0) is 40.5 Å². The van der Waals surface area contributed by atoms with E-state index in [2.05, 4.69) is 21.2 Å². The number of anilines is 1. The predicted octanol–water partition coefficient (Wildman–Crippen LogP) is 3.98. The van der Waals surface area contributed by atoms with Gasteiger partial charge >= 0.3 is 0 Å². The molecule has 1 aromatic heterocycles. The summed E-state index contributed by atoms with van der Waals surface area (Å²) < 4.78 is 0.900. The van der Waals surface area contributed by atoms with Crippen molar-refractivity contribution in [3.63, 3.8) is 0 Å². The zero-order chi connectivity index (χ0) is 14.0. The first-order chi connectivity index (χ1) is 8.97. The SMILES string of the molecule is Cc1cc(C(=O)Nc2cccc([N+](=O)[O-])c2)sc1Br. The number of thiophene rings is 1. The molecule has 1 aromatic carbocycles. The van der Waals surface area contributed by atoms with Crippen LogP contribution in [0.2, 0.25) is 0 Å². The van der Waals surface area contributed by atoms with E-state index in [1.54, 1.807) is 12.1 Å². The van der Waals surface area contributed by atoms with Crippen LogP contribution < -0.4 is 5.32 Å². The van der Waals surface area contributed by atoms with Gasteiger partial charge in [0.1, 0.15) is 0 Å². The lowest BCUT2D eigenvalue weighted by atomic mass is 10.2. The lowest BCUT2D eigenvalue weighted by molar-refractivity contribution is -0.384. The summed E-state index contributed by atoms with van der Waals surface area (Å²) in [4.78, 5) is 22.7. The maximum atomic E-state index is 12.0. The Morgan fingerprint density at radius 3 is 2.74 bits per heavy atom. The predicted molar refractivity (Wildman–Crippen MR) is 77.8 cm³/mol. The average Bonchev–Trinajstić information content (AvgIpc) is 2.70. The number of nitrogens with zero attached hydrogens (tertiary/aromatic N) is 1. The van der Waals surface area contributed by atoms with E-state index in [0.717, 1.165) is 9.35 Å². The summed E-state index contributed by atoms with van der Waals surface area (Å²) in [5.41, 5.74) is 1.33. The molecule has 5 nitrogen and oxygen atoms in total. The second-order valence-electron chi connectivity index (χ2n) is 3.83. The molecule has 0 saturated heterocycles. The van der Waals surface area contributed by atoms with Gasteiger partial charge in [-0.25, -0.2) is 0 Å². The molecular formula is C12H9BrN2O3S. The number of amides is 1. The fourth-order valence-electron chi connectivity index (χ4n) is 1.46. The minimum absolute atomic E-state index is 0.0543. The Bertz CT molecular complexity index is 635. The quantitative estimate of drug-likeness (QED) is 0.678. The van der Waals surface area contributed by atoms with E-state index in [4.69, 9.17) is 0 Å². The number of hydrogen-bond acceptors (Lipinski definition) is 4. The lowest BCUT2D eigenvalue weighted by Gasteiger charge is -2.02. The molecule has 1 heterocycles. The van der Waals surface area contributed by atoms with Crippen LogP contribution in [-0.2, 0) is 0 Å². The van der Waals surface area contributed by atoms with E-state index in [1.165, 1.54) is 29.5 Å². The van der Waals surface area contributed by atoms with Gasteiger partial charge in [-0.15, -0.1) is 11.3 Å². The molecule has 0 spiro atoms. The van der Waals surface area contributed by atoms with Gasteiger partial charge in [0, 0.05) is 17.8 Å². The molecule has 0 bridgehead atoms. The minimum atomic E-state index is -0.498. The molecule has 2 aromatic rings. The van der Waals surface area contributed by atoms with Gasteiger partial charge in [-0.1, -0.05) is 6.07 Å². The topological polar surface area (TPSA) is 72.2 Å². The van der Waals surface area contributed by atoms with Gasteiger partial charge in [0.15, 0.2) is 0 Å². The number of aryl methyl sites for hydroxylation is 1. The van der Waals surface area contributed by atoms with Crippen molar-refractivity contribution in [2.24, 2.45) is 0 Å². The van der Waals surface area contributed by atoms with Gasteiger partial charge in [-0.3, -0.25) is 14.9 Å². The molecule has 0 atom stereocenters. The van der Waals surface area contributed by atoms with Crippen LogP contribution in [0.15, 0.2) is 34.1 Å². The van der Waals surface area contributed by atoms with E-state index < -0.39 is 4.92 Å². The van der Waals surface area contributed by atoms with Crippen LogP contribution in [0, 0.1) is 17.0 Å². The van der Waals surface area contributed by atoms with Gasteiger partial charge in [0.25, 0.3) is 11.6 Å². The molecule has 0 radical (unpaired) electrons. The Morgan fingerprint density at radius 2 is 2.16 bits per heavy atom. The number of carbonyl (C=O) groups excluding carboxylic acids is 1. The Hall–Kier alpha value is -1.73. The summed E-state index contributed by atoms with van der Waals surface area (Å²) in [6, 6.07) is 7.61. The number of carbonyl (C=O) groups is 1. The Balaban J connectivity index is 2.19. The van der Waals surface area contributed by atoms with Crippen LogP contribution in [0.3, 0.4) is 0 Å². The maximum absolute atomic E-state index is 12.0. The summed E-state index contributed by atoms with van der Waals surface area (Å²) in [5.74, 6) is -0.278. The van der Waals surface area contributed by atoms with E-state index in [-0.39, 0.29) is 11.6 Å². The first kappa shape index (κ1) is 13.7. The third-order valence-electron chi connectivity index (χ3n) is 2.40. The highest BCUT2D eigenvalue weighted by Crippen LogP contribution is 2.28. The molecule has 19 heavy (non-hydrogen) atoms. The molecule has 0 aliphatic carbocycles. The number of benzene rings is 1. The smallest absolute Gasteiger partial charge is 0.271 e. The Labute approximate surface area is 121 Å². The molecule has 2 rings (SSSR count). The average molecular weight is 341 g/mol. The maximum Gasteiger partial charge on any atom is 0.271 e. The summed E-state index contributed by atoms with van der Waals surface area (Å²) >= 11 is 4.67. The normalized spacial score (nSPS) is 10.2. The number of rotatable bonds is 3. The van der Waals surface area contributed by atoms with E-state index >= 15 is 0 Å². The number of nitro groups is 1. The number of halogens is 1. The van der Waals surface area contributed by atoms with Crippen LogP contribution in [0.1, 0.15) is 15.2 Å². The van der Waals surface area contributed by atoms with Gasteiger partial charge in [-0.2, -0.15) is 0 Å². The monoisotopic (exact) mass is 340 g/mol. The third kappa shape index (κ3) is 3.18. The fourth-order valence-corrected chi connectivity index (χ4v) is 2.89. The summed E-state index contributed by atoms with van der Waals surface area (Å²) in [5, 5.41) is 13.3. The zero-order valence-electron chi connectivity index (χ0n) is 9.84. The molecule has 98 valence electrons. The molecule has 0 unspecified atom stereocenters. The zero-order valence-corrected chi connectivity index (χ0v) is 12.2. The molecule has 0 fully saturated rings. The van der Waals surface area contributed by atoms with Gasteiger partial charge in [0.05, 0.1) is 13.6 Å². The van der Waals surface area contributed by atoms with Crippen molar-refractivity contribution in [3.8, 4) is 0 Å².